The minimum atomic E-state index is -4.76. The molecule has 3 N–H and O–H groups in total. The zero-order valence-electron chi connectivity index (χ0n) is 9.80. The molecule has 1 heterocycles. The third-order valence-corrected chi connectivity index (χ3v) is 3.00. The van der Waals surface area contributed by atoms with Gasteiger partial charge in [-0.15, -0.1) is 0 Å². The first-order chi connectivity index (χ1) is 9.27. The highest BCUT2D eigenvalue weighted by atomic mass is 79.9. The molecule has 8 heteroatoms. The highest BCUT2D eigenvalue weighted by molar-refractivity contribution is 9.10. The average Bonchev–Trinajstić information content (AvgIpc) is 2.33. The maximum Gasteiger partial charge on any atom is 0.419 e. The van der Waals surface area contributed by atoms with Crippen molar-refractivity contribution in [3.8, 4) is 0 Å². The van der Waals surface area contributed by atoms with Crippen LogP contribution in [0.3, 0.4) is 0 Å². The second kappa shape index (κ2) is 5.28. The summed E-state index contributed by atoms with van der Waals surface area (Å²) >= 11 is 3.18. The lowest BCUT2D eigenvalue weighted by atomic mass is 10.2. The number of nitrogens with one attached hydrogen (secondary N) is 1. The Morgan fingerprint density at radius 3 is 2.50 bits per heavy atom. The molecule has 1 aromatic heterocycles. The minimum absolute atomic E-state index is 0.0664. The Morgan fingerprint density at radius 2 is 1.90 bits per heavy atom. The SMILES string of the molecule is Nc1cnc(Nc2ccc(F)c(C(F)(F)F)c2)c(Br)c1. The first kappa shape index (κ1) is 14.6. The van der Waals surface area contributed by atoms with Crippen LogP contribution in [0.1, 0.15) is 5.56 Å². The molecule has 0 aliphatic heterocycles. The van der Waals surface area contributed by atoms with Crippen LogP contribution in [0.15, 0.2) is 34.9 Å². The molecule has 0 fully saturated rings. The van der Waals surface area contributed by atoms with Crippen molar-refractivity contribution in [2.24, 2.45) is 0 Å². The predicted molar refractivity (Wildman–Crippen MR) is 71.0 cm³/mol. The highest BCUT2D eigenvalue weighted by Crippen LogP contribution is 2.34. The first-order valence-electron chi connectivity index (χ1n) is 5.32. The number of anilines is 3. The van der Waals surface area contributed by atoms with Gasteiger partial charge in [0.05, 0.1) is 21.9 Å². The van der Waals surface area contributed by atoms with Crippen LogP contribution in [0, 0.1) is 5.82 Å². The third kappa shape index (κ3) is 3.19. The van der Waals surface area contributed by atoms with Gasteiger partial charge < -0.3 is 11.1 Å². The van der Waals surface area contributed by atoms with Gasteiger partial charge in [-0.05, 0) is 40.2 Å². The van der Waals surface area contributed by atoms with E-state index in [0.29, 0.717) is 16.2 Å². The van der Waals surface area contributed by atoms with E-state index in [1.54, 1.807) is 6.07 Å². The Bertz CT molecular complexity index is 643. The quantitative estimate of drug-likeness (QED) is 0.793. The van der Waals surface area contributed by atoms with Crippen molar-refractivity contribution >= 4 is 33.1 Å². The molecule has 0 atom stereocenters. The fraction of sp³-hybridized carbons (Fsp3) is 0.0833. The van der Waals surface area contributed by atoms with Crippen LogP contribution in [0.4, 0.5) is 34.8 Å². The Morgan fingerprint density at radius 1 is 1.20 bits per heavy atom. The van der Waals surface area contributed by atoms with E-state index in [0.717, 1.165) is 6.07 Å². The number of benzene rings is 1. The van der Waals surface area contributed by atoms with Gasteiger partial charge in [0.2, 0.25) is 0 Å². The van der Waals surface area contributed by atoms with Crippen LogP contribution >= 0.6 is 15.9 Å². The van der Waals surface area contributed by atoms with Gasteiger partial charge in [-0.1, -0.05) is 0 Å². The number of hydrogen-bond donors (Lipinski definition) is 2. The number of pyridine rings is 1. The lowest BCUT2D eigenvalue weighted by molar-refractivity contribution is -0.139. The molecule has 106 valence electrons. The van der Waals surface area contributed by atoms with E-state index in [1.807, 2.05) is 0 Å². The molecular weight excluding hydrogens is 342 g/mol. The summed E-state index contributed by atoms with van der Waals surface area (Å²) in [5.74, 6) is -1.05. The molecule has 0 spiro atoms. The van der Waals surface area contributed by atoms with Crippen molar-refractivity contribution < 1.29 is 17.6 Å². The van der Waals surface area contributed by atoms with Crippen LogP contribution in [0.25, 0.3) is 0 Å². The van der Waals surface area contributed by atoms with Crippen LogP contribution in [-0.2, 0) is 6.18 Å². The van der Waals surface area contributed by atoms with Crippen molar-refractivity contribution in [2.75, 3.05) is 11.1 Å². The standard InChI is InChI=1S/C12H8BrF4N3/c13-9-3-6(18)5-19-11(9)20-7-1-2-10(14)8(4-7)12(15,16)17/h1-5H,18H2,(H,19,20). The van der Waals surface area contributed by atoms with Crippen LogP contribution in [-0.4, -0.2) is 4.98 Å². The smallest absolute Gasteiger partial charge is 0.397 e. The fourth-order valence-corrected chi connectivity index (χ4v) is 1.97. The Balaban J connectivity index is 2.35. The number of nitrogen functional groups attached to an aromatic ring is 1. The molecule has 0 unspecified atom stereocenters. The lowest BCUT2D eigenvalue weighted by Gasteiger charge is -2.12. The van der Waals surface area contributed by atoms with Crippen LogP contribution in [0.5, 0.6) is 0 Å². The van der Waals surface area contributed by atoms with Gasteiger partial charge in [0, 0.05) is 5.69 Å². The summed E-state index contributed by atoms with van der Waals surface area (Å²) in [5, 5.41) is 2.66. The largest absolute Gasteiger partial charge is 0.419 e. The lowest BCUT2D eigenvalue weighted by Crippen LogP contribution is -2.08. The van der Waals surface area contributed by atoms with Crippen molar-refractivity contribution in [3.63, 3.8) is 0 Å². The van der Waals surface area contributed by atoms with Gasteiger partial charge in [0.15, 0.2) is 0 Å². The van der Waals surface area contributed by atoms with E-state index in [1.165, 1.54) is 12.3 Å². The summed E-state index contributed by atoms with van der Waals surface area (Å²) in [7, 11) is 0. The molecule has 20 heavy (non-hydrogen) atoms. The Kier molecular flexibility index (Phi) is 3.85. The summed E-state index contributed by atoms with van der Waals surface area (Å²) in [6.07, 6.45) is -3.41. The normalized spacial score (nSPS) is 11.4. The number of hydrogen-bond acceptors (Lipinski definition) is 3. The molecule has 2 aromatic rings. The molecular formula is C12H8BrF4N3. The summed E-state index contributed by atoms with van der Waals surface area (Å²) < 4.78 is 51.4. The number of nitrogens with zero attached hydrogens (tertiary/aromatic N) is 1. The van der Waals surface area contributed by atoms with Crippen molar-refractivity contribution in [1.29, 1.82) is 0 Å². The summed E-state index contributed by atoms with van der Waals surface area (Å²) in [6, 6.07) is 4.16. The summed E-state index contributed by atoms with van der Waals surface area (Å²) in [5.41, 5.74) is 4.63. The van der Waals surface area contributed by atoms with Gasteiger partial charge in [0.1, 0.15) is 11.6 Å². The molecule has 1 aromatic carbocycles. The van der Waals surface area contributed by atoms with Crippen molar-refractivity contribution in [3.05, 3.63) is 46.3 Å². The van der Waals surface area contributed by atoms with E-state index in [-0.39, 0.29) is 11.5 Å². The monoisotopic (exact) mass is 349 g/mol. The molecule has 3 nitrogen and oxygen atoms in total. The van der Waals surface area contributed by atoms with Gasteiger partial charge in [0.25, 0.3) is 0 Å². The zero-order valence-corrected chi connectivity index (χ0v) is 11.4. The van der Waals surface area contributed by atoms with E-state index >= 15 is 0 Å². The maximum absolute atomic E-state index is 13.1. The Labute approximate surface area is 119 Å². The van der Waals surface area contributed by atoms with Gasteiger partial charge in [-0.3, -0.25) is 0 Å². The zero-order chi connectivity index (χ0) is 14.9. The Hall–Kier alpha value is -1.83. The predicted octanol–water partition coefficient (Wildman–Crippen LogP) is 4.33. The maximum atomic E-state index is 13.1. The number of rotatable bonds is 2. The topological polar surface area (TPSA) is 50.9 Å². The minimum Gasteiger partial charge on any atom is -0.397 e. The van der Waals surface area contributed by atoms with E-state index < -0.39 is 17.6 Å². The molecule has 0 aliphatic carbocycles. The van der Waals surface area contributed by atoms with Crippen LogP contribution in [0.2, 0.25) is 0 Å². The first-order valence-corrected chi connectivity index (χ1v) is 6.11. The number of halogens is 5. The van der Waals surface area contributed by atoms with Gasteiger partial charge in [-0.25, -0.2) is 9.37 Å². The highest BCUT2D eigenvalue weighted by Gasteiger charge is 2.34. The fourth-order valence-electron chi connectivity index (χ4n) is 1.50. The van der Waals surface area contributed by atoms with E-state index in [2.05, 4.69) is 26.2 Å². The molecule has 0 amide bonds. The van der Waals surface area contributed by atoms with Crippen molar-refractivity contribution in [2.45, 2.75) is 6.18 Å². The number of aromatic nitrogens is 1. The second-order valence-electron chi connectivity index (χ2n) is 3.92. The van der Waals surface area contributed by atoms with Gasteiger partial charge in [-0.2, -0.15) is 13.2 Å². The molecule has 0 radical (unpaired) electrons. The van der Waals surface area contributed by atoms with Crippen molar-refractivity contribution in [1.82, 2.24) is 4.98 Å². The molecule has 0 saturated heterocycles. The molecule has 0 aliphatic rings. The van der Waals surface area contributed by atoms with E-state index in [9.17, 15) is 17.6 Å². The van der Waals surface area contributed by atoms with E-state index in [4.69, 9.17) is 5.73 Å². The number of alkyl halides is 3. The second-order valence-corrected chi connectivity index (χ2v) is 4.77. The van der Waals surface area contributed by atoms with Crippen LogP contribution < -0.4 is 11.1 Å². The summed E-state index contributed by atoms with van der Waals surface area (Å²) in [6.45, 7) is 0. The third-order valence-electron chi connectivity index (χ3n) is 2.40. The molecule has 2 rings (SSSR count). The molecule has 0 saturated carbocycles. The summed E-state index contributed by atoms with van der Waals surface area (Å²) in [4.78, 5) is 3.93. The number of nitrogens with two attached hydrogens (primary N) is 1. The molecule has 0 bridgehead atoms. The average molecular weight is 350 g/mol. The van der Waals surface area contributed by atoms with Gasteiger partial charge >= 0.3 is 6.18 Å².